The summed E-state index contributed by atoms with van der Waals surface area (Å²) in [5, 5.41) is 0. The first-order valence-electron chi connectivity index (χ1n) is 4.37. The molecule has 0 aliphatic carbocycles. The van der Waals surface area contributed by atoms with E-state index in [9.17, 15) is 0 Å². The molecule has 0 amide bonds. The van der Waals surface area contributed by atoms with Gasteiger partial charge in [0.2, 0.25) is 0 Å². The van der Waals surface area contributed by atoms with E-state index in [1.54, 1.807) is 14.2 Å². The number of hydrogen-bond acceptors (Lipinski definition) is 4. The number of nitrogens with two attached hydrogens (primary N) is 1. The van der Waals surface area contributed by atoms with Crippen molar-refractivity contribution in [1.82, 2.24) is 0 Å². The molecule has 1 aromatic rings. The molecular weight excluding hydrogens is 262 g/mol. The van der Waals surface area contributed by atoms with Crippen LogP contribution in [0.5, 0.6) is 11.5 Å². The molecule has 0 aromatic heterocycles. The Balaban J connectivity index is 3.30. The maximum Gasteiger partial charge on any atom is 0.175 e. The first kappa shape index (κ1) is 12.3. The number of rotatable bonds is 4. The van der Waals surface area contributed by atoms with Crippen molar-refractivity contribution in [1.29, 1.82) is 0 Å². The van der Waals surface area contributed by atoms with Gasteiger partial charge in [0.25, 0.3) is 0 Å². The first-order valence-corrected chi connectivity index (χ1v) is 5.16. The summed E-state index contributed by atoms with van der Waals surface area (Å²) >= 11 is 3.40. The summed E-state index contributed by atoms with van der Waals surface area (Å²) in [6.45, 7) is 2.27. The van der Waals surface area contributed by atoms with Crippen molar-refractivity contribution in [2.75, 3.05) is 14.2 Å². The molecule has 0 unspecified atom stereocenters. The molecule has 0 atom stereocenters. The fraction of sp³-hybridized carbons (Fsp3) is 0.400. The van der Waals surface area contributed by atoms with Crippen molar-refractivity contribution in [3.8, 4) is 11.5 Å². The van der Waals surface area contributed by atoms with E-state index in [0.717, 1.165) is 15.6 Å². The van der Waals surface area contributed by atoms with Crippen LogP contribution in [0.25, 0.3) is 0 Å². The van der Waals surface area contributed by atoms with Gasteiger partial charge in [-0.3, -0.25) is 4.84 Å². The van der Waals surface area contributed by atoms with E-state index in [4.69, 9.17) is 15.4 Å². The van der Waals surface area contributed by atoms with Crippen molar-refractivity contribution in [2.45, 2.75) is 13.5 Å². The second kappa shape index (κ2) is 5.34. The van der Waals surface area contributed by atoms with Crippen molar-refractivity contribution in [2.24, 2.45) is 5.90 Å². The van der Waals surface area contributed by atoms with Crippen molar-refractivity contribution < 1.29 is 14.3 Å². The zero-order valence-corrected chi connectivity index (χ0v) is 10.6. The Hall–Kier alpha value is -0.780. The van der Waals surface area contributed by atoms with Crippen LogP contribution in [0, 0.1) is 6.92 Å². The summed E-state index contributed by atoms with van der Waals surface area (Å²) in [6, 6.07) is 1.91. The minimum absolute atomic E-state index is 0.338. The summed E-state index contributed by atoms with van der Waals surface area (Å²) in [7, 11) is 3.20. The minimum Gasteiger partial charge on any atom is -0.493 e. The monoisotopic (exact) mass is 275 g/mol. The largest absolute Gasteiger partial charge is 0.493 e. The average Bonchev–Trinajstić information content (AvgIpc) is 2.22. The Morgan fingerprint density at radius 1 is 1.27 bits per heavy atom. The van der Waals surface area contributed by atoms with Crippen molar-refractivity contribution >= 4 is 15.9 Å². The third kappa shape index (κ3) is 2.42. The number of methoxy groups -OCH3 is 2. The number of benzene rings is 1. The Bertz CT molecular complexity index is 355. The highest BCUT2D eigenvalue weighted by molar-refractivity contribution is 9.10. The van der Waals surface area contributed by atoms with Gasteiger partial charge >= 0.3 is 0 Å². The average molecular weight is 276 g/mol. The molecule has 0 fully saturated rings. The first-order chi connectivity index (χ1) is 7.15. The Morgan fingerprint density at radius 2 is 1.87 bits per heavy atom. The lowest BCUT2D eigenvalue weighted by Gasteiger charge is -2.15. The summed E-state index contributed by atoms with van der Waals surface area (Å²) in [4.78, 5) is 4.62. The number of hydrogen-bond donors (Lipinski definition) is 1. The molecule has 0 saturated carbocycles. The fourth-order valence-electron chi connectivity index (χ4n) is 1.43. The van der Waals surface area contributed by atoms with Crippen LogP contribution in [0.15, 0.2) is 10.5 Å². The van der Waals surface area contributed by atoms with Crippen LogP contribution in [-0.4, -0.2) is 14.2 Å². The van der Waals surface area contributed by atoms with E-state index in [2.05, 4.69) is 20.8 Å². The molecule has 2 N–H and O–H groups in total. The van der Waals surface area contributed by atoms with Gasteiger partial charge in [-0.2, -0.15) is 0 Å². The molecule has 0 spiro atoms. The zero-order chi connectivity index (χ0) is 11.4. The number of halogens is 1. The Kier molecular flexibility index (Phi) is 4.38. The van der Waals surface area contributed by atoms with Crippen molar-refractivity contribution in [3.63, 3.8) is 0 Å². The normalized spacial score (nSPS) is 10.2. The van der Waals surface area contributed by atoms with Crippen molar-refractivity contribution in [3.05, 3.63) is 21.7 Å². The molecule has 1 rings (SSSR count). The van der Waals surface area contributed by atoms with Crippen LogP contribution in [0.1, 0.15) is 11.1 Å². The van der Waals surface area contributed by atoms with Gasteiger partial charge in [-0.05, 0) is 34.5 Å². The molecule has 15 heavy (non-hydrogen) atoms. The maximum absolute atomic E-state index is 5.28. The molecule has 1 aromatic carbocycles. The SMILES string of the molecule is COc1c(Br)cc(CON)c(C)c1OC. The van der Waals surface area contributed by atoms with Gasteiger partial charge in [-0.25, -0.2) is 5.90 Å². The van der Waals surface area contributed by atoms with Gasteiger partial charge in [0.1, 0.15) is 0 Å². The summed E-state index contributed by atoms with van der Waals surface area (Å²) < 4.78 is 11.3. The van der Waals surface area contributed by atoms with Gasteiger partial charge in [0, 0.05) is 5.56 Å². The lowest BCUT2D eigenvalue weighted by Crippen LogP contribution is -2.03. The van der Waals surface area contributed by atoms with Gasteiger partial charge in [0.15, 0.2) is 11.5 Å². The summed E-state index contributed by atoms with van der Waals surface area (Å²) in [5.74, 6) is 6.42. The molecule has 0 aliphatic rings. The molecule has 4 nitrogen and oxygen atoms in total. The fourth-order valence-corrected chi connectivity index (χ4v) is 2.05. The quantitative estimate of drug-likeness (QED) is 0.856. The molecule has 0 radical (unpaired) electrons. The van der Waals surface area contributed by atoms with E-state index in [1.165, 1.54) is 0 Å². The topological polar surface area (TPSA) is 53.7 Å². The second-order valence-electron chi connectivity index (χ2n) is 3.02. The zero-order valence-electron chi connectivity index (χ0n) is 8.96. The van der Waals surface area contributed by atoms with Crippen LogP contribution in [0.4, 0.5) is 0 Å². The van der Waals surface area contributed by atoms with Crippen LogP contribution in [-0.2, 0) is 11.4 Å². The predicted molar refractivity (Wildman–Crippen MR) is 61.0 cm³/mol. The van der Waals surface area contributed by atoms with Crippen LogP contribution in [0.2, 0.25) is 0 Å². The van der Waals surface area contributed by atoms with E-state index in [0.29, 0.717) is 18.1 Å². The Morgan fingerprint density at radius 3 is 2.33 bits per heavy atom. The highest BCUT2D eigenvalue weighted by Crippen LogP contribution is 2.39. The highest BCUT2D eigenvalue weighted by Gasteiger charge is 2.15. The highest BCUT2D eigenvalue weighted by atomic mass is 79.9. The third-order valence-corrected chi connectivity index (χ3v) is 2.78. The lowest BCUT2D eigenvalue weighted by molar-refractivity contribution is 0.123. The minimum atomic E-state index is 0.338. The van der Waals surface area contributed by atoms with E-state index < -0.39 is 0 Å². The number of ether oxygens (including phenoxy) is 2. The Labute approximate surface area is 97.4 Å². The molecule has 0 heterocycles. The van der Waals surface area contributed by atoms with Gasteiger partial charge < -0.3 is 9.47 Å². The van der Waals surface area contributed by atoms with Gasteiger partial charge in [-0.1, -0.05) is 0 Å². The third-order valence-electron chi connectivity index (χ3n) is 2.19. The molecule has 5 heteroatoms. The molecule has 84 valence electrons. The van der Waals surface area contributed by atoms with E-state index >= 15 is 0 Å². The molecular formula is C10H14BrNO3. The standard InChI is InChI=1S/C10H14BrNO3/c1-6-7(5-15-12)4-8(11)10(14-3)9(6)13-2/h4H,5,12H2,1-3H3. The van der Waals surface area contributed by atoms with E-state index in [-0.39, 0.29) is 0 Å². The second-order valence-corrected chi connectivity index (χ2v) is 3.87. The van der Waals surface area contributed by atoms with Crippen LogP contribution >= 0.6 is 15.9 Å². The smallest absolute Gasteiger partial charge is 0.175 e. The summed E-state index contributed by atoms with van der Waals surface area (Å²) in [6.07, 6.45) is 0. The maximum atomic E-state index is 5.28. The van der Waals surface area contributed by atoms with Crippen LogP contribution in [0.3, 0.4) is 0 Å². The molecule has 0 bridgehead atoms. The van der Waals surface area contributed by atoms with Gasteiger partial charge in [-0.15, -0.1) is 0 Å². The molecule has 0 saturated heterocycles. The summed E-state index contributed by atoms with van der Waals surface area (Å²) in [5.41, 5.74) is 1.92. The van der Waals surface area contributed by atoms with Crippen LogP contribution < -0.4 is 15.4 Å². The lowest BCUT2D eigenvalue weighted by atomic mass is 10.1. The molecule has 0 aliphatic heterocycles. The van der Waals surface area contributed by atoms with Gasteiger partial charge in [0.05, 0.1) is 25.3 Å². The van der Waals surface area contributed by atoms with E-state index in [1.807, 2.05) is 13.0 Å². The predicted octanol–water partition coefficient (Wildman–Crippen LogP) is 2.17.